The van der Waals surface area contributed by atoms with Gasteiger partial charge in [-0.3, -0.25) is 4.90 Å². The number of aryl methyl sites for hydroxylation is 1. The van der Waals surface area contributed by atoms with Crippen LogP contribution < -0.4 is 0 Å². The monoisotopic (exact) mass is 346 g/mol. The molecule has 7 heteroatoms. The molecule has 0 radical (unpaired) electrons. The maximum atomic E-state index is 10.8. The lowest BCUT2D eigenvalue weighted by molar-refractivity contribution is 0.144. The molecule has 1 aliphatic rings. The summed E-state index contributed by atoms with van der Waals surface area (Å²) >= 11 is 1.50. The van der Waals surface area contributed by atoms with Gasteiger partial charge < -0.3 is 9.52 Å². The van der Waals surface area contributed by atoms with E-state index in [1.807, 2.05) is 19.1 Å². The minimum absolute atomic E-state index is 0.0777. The second-order valence-corrected chi connectivity index (χ2v) is 7.51. The zero-order chi connectivity index (χ0) is 16.7. The molecule has 3 aromatic heterocycles. The molecule has 0 bridgehead atoms. The summed E-state index contributed by atoms with van der Waals surface area (Å²) in [5.41, 5.74) is 0. The molecule has 4 rings (SSSR count). The second kappa shape index (κ2) is 6.22. The lowest BCUT2D eigenvalue weighted by Crippen LogP contribution is -2.36. The summed E-state index contributed by atoms with van der Waals surface area (Å²) in [6, 6.07) is 3.80. The predicted octanol–water partition coefficient (Wildman–Crippen LogP) is 3.47. The van der Waals surface area contributed by atoms with Gasteiger partial charge >= 0.3 is 0 Å². The average molecular weight is 346 g/mol. The van der Waals surface area contributed by atoms with E-state index >= 15 is 0 Å². The Bertz CT molecular complexity index is 815. The van der Waals surface area contributed by atoms with Crippen molar-refractivity contribution in [3.63, 3.8) is 0 Å². The van der Waals surface area contributed by atoms with E-state index in [0.29, 0.717) is 0 Å². The zero-order valence-electron chi connectivity index (χ0n) is 14.0. The second-order valence-electron chi connectivity index (χ2n) is 6.50. The number of aromatic hydroxyl groups is 1. The summed E-state index contributed by atoms with van der Waals surface area (Å²) in [5, 5.41) is 15.1. The molecule has 24 heavy (non-hydrogen) atoms. The first-order valence-corrected chi connectivity index (χ1v) is 9.33. The molecule has 128 valence electrons. The number of hydrogen-bond acceptors (Lipinski definition) is 6. The SMILES string of the molecule is CCc1nc2sc([C@H](c3ccco3)N3CCC(C)CC3)c(O)n2n1. The number of nitrogens with zero attached hydrogens (tertiary/aromatic N) is 4. The number of hydrogen-bond donors (Lipinski definition) is 1. The minimum Gasteiger partial charge on any atom is -0.492 e. The van der Waals surface area contributed by atoms with Gasteiger partial charge in [-0.05, 0) is 44.0 Å². The fourth-order valence-corrected chi connectivity index (χ4v) is 4.44. The largest absolute Gasteiger partial charge is 0.492 e. The van der Waals surface area contributed by atoms with Crippen LogP contribution in [0.3, 0.4) is 0 Å². The van der Waals surface area contributed by atoms with Crippen molar-refractivity contribution < 1.29 is 9.52 Å². The molecular weight excluding hydrogens is 324 g/mol. The van der Waals surface area contributed by atoms with Crippen LogP contribution in [-0.2, 0) is 6.42 Å². The Morgan fingerprint density at radius 2 is 2.21 bits per heavy atom. The molecule has 4 heterocycles. The van der Waals surface area contributed by atoms with Gasteiger partial charge in [0.05, 0.1) is 11.1 Å². The third-order valence-electron chi connectivity index (χ3n) is 4.80. The average Bonchev–Trinajstić information content (AvgIpc) is 3.29. The Labute approximate surface area is 144 Å². The molecule has 0 aliphatic carbocycles. The van der Waals surface area contributed by atoms with Crippen molar-refractivity contribution in [3.8, 4) is 5.88 Å². The topological polar surface area (TPSA) is 66.8 Å². The van der Waals surface area contributed by atoms with Gasteiger partial charge in [0.1, 0.15) is 11.8 Å². The van der Waals surface area contributed by atoms with E-state index in [1.165, 1.54) is 24.2 Å². The van der Waals surface area contributed by atoms with Crippen molar-refractivity contribution in [1.82, 2.24) is 19.5 Å². The smallest absolute Gasteiger partial charge is 0.230 e. The zero-order valence-corrected chi connectivity index (χ0v) is 14.8. The highest BCUT2D eigenvalue weighted by atomic mass is 32.1. The minimum atomic E-state index is -0.0777. The molecule has 1 atom stereocenters. The summed E-state index contributed by atoms with van der Waals surface area (Å²) in [5.74, 6) is 2.55. The van der Waals surface area contributed by atoms with Crippen LogP contribution in [0.15, 0.2) is 22.8 Å². The first-order chi connectivity index (χ1) is 11.7. The molecule has 6 nitrogen and oxygen atoms in total. The number of aromatic nitrogens is 3. The van der Waals surface area contributed by atoms with Crippen LogP contribution in [0.4, 0.5) is 0 Å². The number of thiazole rings is 1. The van der Waals surface area contributed by atoms with Gasteiger partial charge in [-0.2, -0.15) is 4.52 Å². The van der Waals surface area contributed by atoms with Crippen molar-refractivity contribution in [2.24, 2.45) is 5.92 Å². The van der Waals surface area contributed by atoms with Crippen molar-refractivity contribution in [1.29, 1.82) is 0 Å². The normalized spacial score (nSPS) is 18.4. The van der Waals surface area contributed by atoms with Crippen LogP contribution >= 0.6 is 11.3 Å². The Kier molecular flexibility index (Phi) is 4.05. The van der Waals surface area contributed by atoms with Gasteiger partial charge in [-0.15, -0.1) is 5.10 Å². The number of rotatable bonds is 4. The van der Waals surface area contributed by atoms with Crippen LogP contribution in [0.2, 0.25) is 0 Å². The number of furan rings is 1. The van der Waals surface area contributed by atoms with E-state index in [-0.39, 0.29) is 11.9 Å². The summed E-state index contributed by atoms with van der Waals surface area (Å²) in [6.07, 6.45) is 4.78. The van der Waals surface area contributed by atoms with Crippen LogP contribution in [0.25, 0.3) is 4.96 Å². The number of piperidine rings is 1. The molecule has 1 aliphatic heterocycles. The fourth-order valence-electron chi connectivity index (χ4n) is 3.33. The maximum absolute atomic E-state index is 10.8. The van der Waals surface area contributed by atoms with E-state index in [9.17, 15) is 5.11 Å². The highest BCUT2D eigenvalue weighted by Gasteiger charge is 2.33. The Hall–Kier alpha value is -1.86. The lowest BCUT2D eigenvalue weighted by atomic mass is 9.97. The molecule has 0 amide bonds. The summed E-state index contributed by atoms with van der Waals surface area (Å²) in [6.45, 7) is 6.31. The van der Waals surface area contributed by atoms with E-state index < -0.39 is 0 Å². The van der Waals surface area contributed by atoms with Gasteiger partial charge in [-0.25, -0.2) is 4.98 Å². The molecule has 0 unspecified atom stereocenters. The van der Waals surface area contributed by atoms with Gasteiger partial charge in [0, 0.05) is 6.42 Å². The molecule has 1 fully saturated rings. The number of fused-ring (bicyclic) bond motifs is 1. The van der Waals surface area contributed by atoms with Crippen LogP contribution in [0, 0.1) is 5.92 Å². The summed E-state index contributed by atoms with van der Waals surface area (Å²) < 4.78 is 7.26. The highest BCUT2D eigenvalue weighted by Crippen LogP contribution is 2.41. The quantitative estimate of drug-likeness (QED) is 0.783. The molecule has 0 aromatic carbocycles. The summed E-state index contributed by atoms with van der Waals surface area (Å²) in [7, 11) is 0. The van der Waals surface area contributed by atoms with Gasteiger partial charge in [-0.1, -0.05) is 25.2 Å². The van der Waals surface area contributed by atoms with Crippen LogP contribution in [0.1, 0.15) is 49.2 Å². The van der Waals surface area contributed by atoms with Gasteiger partial charge in [0.15, 0.2) is 5.82 Å². The van der Waals surface area contributed by atoms with Crippen molar-refractivity contribution in [2.45, 2.75) is 39.2 Å². The molecule has 1 N–H and O–H groups in total. The first kappa shape index (κ1) is 15.7. The lowest BCUT2D eigenvalue weighted by Gasteiger charge is -2.35. The Balaban J connectivity index is 1.76. The van der Waals surface area contributed by atoms with E-state index in [0.717, 1.165) is 46.9 Å². The Morgan fingerprint density at radius 1 is 1.42 bits per heavy atom. The van der Waals surface area contributed by atoms with E-state index in [4.69, 9.17) is 4.42 Å². The molecular formula is C17H22N4O2S. The third kappa shape index (κ3) is 2.61. The predicted molar refractivity (Wildman–Crippen MR) is 92.4 cm³/mol. The maximum Gasteiger partial charge on any atom is 0.230 e. The first-order valence-electron chi connectivity index (χ1n) is 8.52. The molecule has 0 saturated carbocycles. The third-order valence-corrected chi connectivity index (χ3v) is 5.88. The Morgan fingerprint density at radius 3 is 2.83 bits per heavy atom. The standard InChI is InChI=1S/C17H22N4O2S/c1-3-13-18-17-21(19-13)16(22)15(24-17)14(12-5-4-10-23-12)20-8-6-11(2)7-9-20/h4-5,10-11,14,22H,3,6-9H2,1-2H3/t14-/m0/s1. The van der Waals surface area contributed by atoms with Crippen LogP contribution in [-0.4, -0.2) is 37.7 Å². The highest BCUT2D eigenvalue weighted by molar-refractivity contribution is 7.17. The van der Waals surface area contributed by atoms with Gasteiger partial charge in [0.2, 0.25) is 10.8 Å². The van der Waals surface area contributed by atoms with Crippen molar-refractivity contribution >= 4 is 16.3 Å². The molecule has 3 aromatic rings. The molecule has 0 spiro atoms. The van der Waals surface area contributed by atoms with E-state index in [2.05, 4.69) is 21.9 Å². The van der Waals surface area contributed by atoms with Gasteiger partial charge in [0.25, 0.3) is 0 Å². The number of likely N-dealkylation sites (tertiary alicyclic amines) is 1. The summed E-state index contributed by atoms with van der Waals surface area (Å²) in [4.78, 5) is 8.48. The molecule has 1 saturated heterocycles. The van der Waals surface area contributed by atoms with Crippen molar-refractivity contribution in [2.75, 3.05) is 13.1 Å². The van der Waals surface area contributed by atoms with Crippen molar-refractivity contribution in [3.05, 3.63) is 34.9 Å². The fraction of sp³-hybridized carbons (Fsp3) is 0.529. The van der Waals surface area contributed by atoms with E-state index in [1.54, 1.807) is 10.8 Å². The van der Waals surface area contributed by atoms with Crippen LogP contribution in [0.5, 0.6) is 5.88 Å².